The second-order valence-electron chi connectivity index (χ2n) is 30.5. The molecule has 0 aromatic heterocycles. The van der Waals surface area contributed by atoms with Crippen LogP contribution < -0.4 is 31.3 Å². The maximum Gasteiger partial charge on any atom is 0.364 e. The number of hydrogen-bond acceptors (Lipinski definition) is 31. The lowest BCUT2D eigenvalue weighted by Gasteiger charge is -2.46. The monoisotopic (exact) mass is 1830 g/mol. The zero-order chi connectivity index (χ0) is 92.2. The van der Waals surface area contributed by atoms with Gasteiger partial charge in [-0.15, -0.1) is 5.06 Å². The van der Waals surface area contributed by atoms with Crippen LogP contribution in [0.3, 0.4) is 0 Å². The maximum atomic E-state index is 14.0. The van der Waals surface area contributed by atoms with E-state index in [9.17, 15) is 93.3 Å². The predicted octanol–water partition coefficient (Wildman–Crippen LogP) is 4.26. The van der Waals surface area contributed by atoms with Crippen LogP contribution in [-0.4, -0.2) is 313 Å². The molecule has 3 fully saturated rings. The van der Waals surface area contributed by atoms with E-state index in [-0.39, 0.29) is 137 Å². The van der Waals surface area contributed by atoms with Gasteiger partial charge in [0.2, 0.25) is 17.6 Å². The van der Waals surface area contributed by atoms with Gasteiger partial charge in [-0.05, 0) is 121 Å². The number of aliphatic hydroxyl groups excluding tert-OH is 6. The van der Waals surface area contributed by atoms with Crippen molar-refractivity contribution in [3.05, 3.63) is 150 Å². The summed E-state index contributed by atoms with van der Waals surface area (Å²) >= 11 is 2.88. The second-order valence-corrected chi connectivity index (χ2v) is 32.9. The molecule has 128 heavy (non-hydrogen) atoms. The van der Waals surface area contributed by atoms with Crippen LogP contribution in [-0.2, 0) is 85.8 Å². The molecule has 12 atom stereocenters. The van der Waals surface area contributed by atoms with Crippen LogP contribution in [0.4, 0.5) is 0 Å². The van der Waals surface area contributed by atoms with E-state index in [0.717, 1.165) is 29.2 Å². The fourth-order valence-electron chi connectivity index (χ4n) is 13.9. The third-order valence-electron chi connectivity index (χ3n) is 20.6. The molecule has 3 heterocycles. The number of aliphatic hydroxyl groups is 6. The minimum Gasteiger partial charge on any atom is -0.490 e. The number of carboxylic acid groups (broad SMARTS) is 1. The molecule has 0 spiro atoms. The number of hydroxylamine groups is 2. The van der Waals surface area contributed by atoms with E-state index < -0.39 is 152 Å². The fraction of sp³-hybridized carbons (Fsp3) is 0.533. The van der Waals surface area contributed by atoms with Gasteiger partial charge in [0.25, 0.3) is 35.3 Å². The van der Waals surface area contributed by atoms with Crippen LogP contribution in [0.5, 0.6) is 5.75 Å². The standard InChI is InChI=1S/C90H118N6O30S2/c1-59(98)94-79-71(102)54-89(58-97,124-83(79)81(109)73(104)56-92-85(111)65-27-23-63(24-28-65)61-15-5-3-6-16-61)122-37-13-51-128-52-35-91-87(113)67-31-32-69(75(53-67)121-48-47-120-46-45-119-44-43-118-42-41-117-40-39-116-36-11-20-68(100)19-9-10-22-78(108)126-96-76(106)33-34-77(96)107)70(101)21-12-49-127-50-14-38-123-90(88(114)115)55-72(103)80(95-60(2)99)84(125-90)82(110)74(105)57-93-86(112)66-29-25-64(26-30-66)62-17-7-4-8-18-62/h3-8,15-18,23-32,53,58,71-74,79-84,102-105,109-110H,9-14,19-22,33-52,54-57H2,1-2H3,(H,91,113)(H,92,111)(H,93,112)(H,94,98)(H,95,99)(H,114,115)/t71-,72-,73+,74+,79+,80+,81+,82+,83+,84+,89+,90+/m0/s1. The zero-order valence-corrected chi connectivity index (χ0v) is 73.4. The fourth-order valence-corrected chi connectivity index (χ4v) is 15.6. The summed E-state index contributed by atoms with van der Waals surface area (Å²) in [5.74, 6) is -9.30. The Hall–Kier alpha value is -9.56. The SMILES string of the molecule is CC(=O)N[C@H]1[C@H]([C@H](O)[C@H](O)CNC(=O)c2ccc(-c3ccccc3)cc2)O[C@](C=O)(OCCCSCCNC(=O)c2ccc(C(=O)CCCSCCCO[C@]3(C(=O)O)C[C@H](O)[C@@H](NC(C)=O)[C@H]([C@H](O)[C@H](O)CNC(=O)c4ccc(-c5ccccc5)cc4)O3)c(OCCOCCOCCOCCOCCOCCCC(=O)CCCCC(=O)ON3C(=O)CCC3=O)c2)C[C@@H]1O. The van der Waals surface area contributed by atoms with E-state index in [1.54, 1.807) is 48.5 Å². The first-order valence-corrected chi connectivity index (χ1v) is 45.1. The number of amides is 7. The Morgan fingerprint density at radius 2 is 0.938 bits per heavy atom. The molecule has 0 saturated carbocycles. The summed E-state index contributed by atoms with van der Waals surface area (Å²) < 4.78 is 57.9. The number of hydrogen-bond donors (Lipinski definition) is 12. The number of thioether (sulfide) groups is 2. The Kier molecular flexibility index (Phi) is 45.0. The molecule has 38 heteroatoms. The molecule has 36 nitrogen and oxygen atoms in total. The molecule has 0 bridgehead atoms. The van der Waals surface area contributed by atoms with Gasteiger partial charge in [-0.25, -0.2) is 9.59 Å². The van der Waals surface area contributed by atoms with Crippen molar-refractivity contribution in [1.29, 1.82) is 0 Å². The molecule has 5 aromatic carbocycles. The van der Waals surface area contributed by atoms with Crippen molar-refractivity contribution in [2.24, 2.45) is 0 Å². The number of imide groups is 1. The van der Waals surface area contributed by atoms with Gasteiger partial charge in [0, 0.05) is 114 Å². The van der Waals surface area contributed by atoms with Gasteiger partial charge in [0.1, 0.15) is 42.6 Å². The maximum absolute atomic E-state index is 14.0. The van der Waals surface area contributed by atoms with E-state index in [4.69, 9.17) is 52.2 Å². The number of nitrogens with one attached hydrogen (secondary N) is 5. The Balaban J connectivity index is 0.749. The quantitative estimate of drug-likeness (QED) is 0.0112. The number of rotatable bonds is 61. The number of carboxylic acids is 1. The Bertz CT molecular complexity index is 4340. The molecule has 0 unspecified atom stereocenters. The number of Topliss-reactive ketones (excluding diaryl/α,β-unsaturated/α-hetero) is 2. The first-order valence-electron chi connectivity index (χ1n) is 42.7. The summed E-state index contributed by atoms with van der Waals surface area (Å²) in [7, 11) is 0. The number of aldehydes is 1. The lowest BCUT2D eigenvalue weighted by Crippen LogP contribution is -2.68. The van der Waals surface area contributed by atoms with Crippen molar-refractivity contribution in [2.75, 3.05) is 129 Å². The van der Waals surface area contributed by atoms with Gasteiger partial charge in [-0.3, -0.25) is 47.9 Å². The highest BCUT2D eigenvalue weighted by Crippen LogP contribution is 2.36. The number of benzene rings is 5. The topological polar surface area (TPSA) is 511 Å². The van der Waals surface area contributed by atoms with Crippen molar-refractivity contribution in [3.8, 4) is 28.0 Å². The Morgan fingerprint density at radius 3 is 1.45 bits per heavy atom. The molecule has 700 valence electrons. The lowest BCUT2D eigenvalue weighted by molar-refractivity contribution is -0.310. The molecular weight excluding hydrogens is 1710 g/mol. The summed E-state index contributed by atoms with van der Waals surface area (Å²) in [5.41, 5.74) is 4.53. The van der Waals surface area contributed by atoms with Crippen molar-refractivity contribution in [3.63, 3.8) is 0 Å². The number of unbranched alkanes of at least 4 members (excludes halogenated alkanes) is 1. The van der Waals surface area contributed by atoms with Crippen LogP contribution in [0, 0.1) is 0 Å². The van der Waals surface area contributed by atoms with Gasteiger partial charge in [0.05, 0.1) is 115 Å². The molecule has 3 saturated heterocycles. The highest BCUT2D eigenvalue weighted by Gasteiger charge is 2.56. The summed E-state index contributed by atoms with van der Waals surface area (Å²) in [6.45, 7) is 3.90. The third-order valence-corrected chi connectivity index (χ3v) is 22.9. The van der Waals surface area contributed by atoms with Crippen LogP contribution in [0.2, 0.25) is 0 Å². The smallest absolute Gasteiger partial charge is 0.364 e. The lowest BCUT2D eigenvalue weighted by atomic mass is 9.88. The van der Waals surface area contributed by atoms with Crippen molar-refractivity contribution in [1.82, 2.24) is 31.6 Å². The summed E-state index contributed by atoms with van der Waals surface area (Å²) in [4.78, 5) is 156. The van der Waals surface area contributed by atoms with Crippen molar-refractivity contribution in [2.45, 2.75) is 176 Å². The van der Waals surface area contributed by atoms with Crippen LogP contribution in [0.25, 0.3) is 22.3 Å². The van der Waals surface area contributed by atoms with E-state index in [1.807, 2.05) is 60.7 Å². The van der Waals surface area contributed by atoms with Crippen LogP contribution >= 0.6 is 23.5 Å². The molecule has 3 aliphatic heterocycles. The van der Waals surface area contributed by atoms with Crippen LogP contribution in [0.15, 0.2) is 127 Å². The van der Waals surface area contributed by atoms with Crippen molar-refractivity contribution < 1.29 is 145 Å². The average molecular weight is 1830 g/mol. The summed E-state index contributed by atoms with van der Waals surface area (Å²) in [5, 5.41) is 91.8. The predicted molar refractivity (Wildman–Crippen MR) is 465 cm³/mol. The largest absolute Gasteiger partial charge is 0.490 e. The molecule has 12 N–H and O–H groups in total. The molecule has 5 aromatic rings. The first kappa shape index (κ1) is 104. The number of ether oxygens (including phenoxy) is 10. The van der Waals surface area contributed by atoms with E-state index >= 15 is 0 Å². The molecule has 8 rings (SSSR count). The normalized spacial score (nSPS) is 20.1. The highest BCUT2D eigenvalue weighted by molar-refractivity contribution is 7.99. The minimum absolute atomic E-state index is 0.0124. The Morgan fingerprint density at radius 1 is 0.492 bits per heavy atom. The van der Waals surface area contributed by atoms with Crippen LogP contribution in [0.1, 0.15) is 145 Å². The van der Waals surface area contributed by atoms with E-state index in [1.165, 1.54) is 48.6 Å². The van der Waals surface area contributed by atoms with Gasteiger partial charge < -0.3 is 115 Å². The Labute approximate surface area is 750 Å². The first-order chi connectivity index (χ1) is 61.7. The number of carbonyl (C=O) groups excluding carboxylic acids is 11. The van der Waals surface area contributed by atoms with Gasteiger partial charge in [-0.2, -0.15) is 23.5 Å². The zero-order valence-electron chi connectivity index (χ0n) is 71.8. The highest BCUT2D eigenvalue weighted by atomic mass is 32.2. The van der Waals surface area contributed by atoms with Gasteiger partial charge in [0.15, 0.2) is 12.1 Å². The van der Waals surface area contributed by atoms with Gasteiger partial charge >= 0.3 is 11.9 Å². The van der Waals surface area contributed by atoms with E-state index in [2.05, 4.69) is 26.6 Å². The summed E-state index contributed by atoms with van der Waals surface area (Å²) in [6.07, 6.45) is -11.5. The average Bonchev–Trinajstić information content (AvgIpc) is 0.970. The molecular formula is C90H118N6O30S2. The van der Waals surface area contributed by atoms with Crippen molar-refractivity contribution >= 4 is 94.7 Å². The second kappa shape index (κ2) is 55.5. The minimum atomic E-state index is -2.54. The molecule has 0 aliphatic carbocycles. The number of ketones is 2. The molecule has 7 amide bonds. The number of carbonyl (C=O) groups is 12. The molecule has 3 aliphatic rings. The van der Waals surface area contributed by atoms with Gasteiger partial charge in [-0.1, -0.05) is 84.9 Å². The number of aliphatic carboxylic acids is 1. The summed E-state index contributed by atoms with van der Waals surface area (Å²) in [6, 6.07) is 34.2. The van der Waals surface area contributed by atoms with E-state index in [0.29, 0.717) is 106 Å². The molecule has 0 radical (unpaired) electrons. The third kappa shape index (κ3) is 34.4. The number of nitrogens with zero attached hydrogens (tertiary/aromatic N) is 1.